The Morgan fingerprint density at radius 2 is 1.79 bits per heavy atom. The molecular weight excluding hydrogens is 176 g/mol. The standard InChI is InChI=1S/C11H24N2O/c1-11(2,3)13(14)8-5-10(4-7-12)6-9-13/h10H,4-9,12H2,1-3H3. The summed E-state index contributed by atoms with van der Waals surface area (Å²) in [7, 11) is 0. The predicted molar refractivity (Wildman–Crippen MR) is 59.5 cm³/mol. The van der Waals surface area contributed by atoms with Crippen molar-refractivity contribution in [1.29, 1.82) is 0 Å². The minimum atomic E-state index is -0.159. The van der Waals surface area contributed by atoms with Gasteiger partial charge in [-0.3, -0.25) is 0 Å². The maximum Gasteiger partial charge on any atom is 0.0904 e. The first-order chi connectivity index (χ1) is 6.39. The van der Waals surface area contributed by atoms with Crippen molar-refractivity contribution in [2.75, 3.05) is 19.6 Å². The molecule has 1 aliphatic heterocycles. The van der Waals surface area contributed by atoms with Crippen LogP contribution in [0.2, 0.25) is 0 Å². The molecule has 0 aromatic heterocycles. The van der Waals surface area contributed by atoms with E-state index in [1.54, 1.807) is 0 Å². The first-order valence-electron chi connectivity index (χ1n) is 5.67. The zero-order chi connectivity index (χ0) is 10.8. The van der Waals surface area contributed by atoms with Gasteiger partial charge in [0.15, 0.2) is 0 Å². The van der Waals surface area contributed by atoms with E-state index in [9.17, 15) is 5.21 Å². The molecule has 0 aliphatic carbocycles. The molecule has 1 aliphatic rings. The molecule has 3 heteroatoms. The highest BCUT2D eigenvalue weighted by molar-refractivity contribution is 4.72. The summed E-state index contributed by atoms with van der Waals surface area (Å²) >= 11 is 0. The zero-order valence-corrected chi connectivity index (χ0v) is 9.75. The lowest BCUT2D eigenvalue weighted by molar-refractivity contribution is -0.931. The smallest absolute Gasteiger partial charge is 0.0904 e. The minimum absolute atomic E-state index is 0.0198. The van der Waals surface area contributed by atoms with Gasteiger partial charge >= 0.3 is 0 Å². The number of hydrogen-bond acceptors (Lipinski definition) is 2. The summed E-state index contributed by atoms with van der Waals surface area (Å²) in [5, 5.41) is 12.4. The predicted octanol–water partition coefficient (Wildman–Crippen LogP) is 1.86. The van der Waals surface area contributed by atoms with Gasteiger partial charge in [-0.05, 0) is 52.5 Å². The average molecular weight is 200 g/mol. The number of hydrogen-bond donors (Lipinski definition) is 1. The number of rotatable bonds is 2. The summed E-state index contributed by atoms with van der Waals surface area (Å²) in [5.41, 5.74) is 5.37. The number of quaternary nitrogens is 1. The van der Waals surface area contributed by atoms with E-state index in [0.29, 0.717) is 5.92 Å². The average Bonchev–Trinajstić information content (AvgIpc) is 2.08. The molecule has 1 saturated heterocycles. The summed E-state index contributed by atoms with van der Waals surface area (Å²) in [6, 6.07) is 0. The van der Waals surface area contributed by atoms with Gasteiger partial charge in [0.1, 0.15) is 0 Å². The quantitative estimate of drug-likeness (QED) is 0.546. The monoisotopic (exact) mass is 200 g/mol. The molecule has 14 heavy (non-hydrogen) atoms. The highest BCUT2D eigenvalue weighted by Crippen LogP contribution is 2.32. The largest absolute Gasteiger partial charge is 0.632 e. The lowest BCUT2D eigenvalue weighted by Crippen LogP contribution is -2.59. The van der Waals surface area contributed by atoms with E-state index in [1.165, 1.54) is 0 Å². The zero-order valence-electron chi connectivity index (χ0n) is 9.75. The lowest BCUT2D eigenvalue weighted by atomic mass is 9.90. The third-order valence-corrected chi connectivity index (χ3v) is 3.59. The van der Waals surface area contributed by atoms with E-state index < -0.39 is 0 Å². The van der Waals surface area contributed by atoms with Gasteiger partial charge in [0.2, 0.25) is 0 Å². The third kappa shape index (κ3) is 2.47. The van der Waals surface area contributed by atoms with Gasteiger partial charge in [0.25, 0.3) is 0 Å². The van der Waals surface area contributed by atoms with E-state index in [0.717, 1.165) is 38.9 Å². The SMILES string of the molecule is CC(C)(C)[N+]1([O-])CCC(CCN)CC1. The summed E-state index contributed by atoms with van der Waals surface area (Å²) in [5.74, 6) is 0.697. The molecular formula is C11H24N2O. The topological polar surface area (TPSA) is 49.1 Å². The van der Waals surface area contributed by atoms with Crippen molar-refractivity contribution in [3.63, 3.8) is 0 Å². The van der Waals surface area contributed by atoms with E-state index in [4.69, 9.17) is 5.73 Å². The van der Waals surface area contributed by atoms with Gasteiger partial charge in [-0.15, -0.1) is 0 Å². The molecule has 0 atom stereocenters. The van der Waals surface area contributed by atoms with Crippen molar-refractivity contribution < 1.29 is 4.65 Å². The van der Waals surface area contributed by atoms with Gasteiger partial charge in [0.05, 0.1) is 18.6 Å². The maximum atomic E-state index is 12.4. The van der Waals surface area contributed by atoms with Gasteiger partial charge in [-0.2, -0.15) is 0 Å². The molecule has 0 bridgehead atoms. The van der Waals surface area contributed by atoms with Crippen molar-refractivity contribution in [2.45, 2.75) is 45.6 Å². The van der Waals surface area contributed by atoms with Crippen LogP contribution in [0.3, 0.4) is 0 Å². The van der Waals surface area contributed by atoms with Crippen molar-refractivity contribution in [3.8, 4) is 0 Å². The summed E-state index contributed by atoms with van der Waals surface area (Å²) in [6.07, 6.45) is 3.19. The fraction of sp³-hybridized carbons (Fsp3) is 1.00. The Hall–Kier alpha value is -0.120. The van der Waals surface area contributed by atoms with Crippen molar-refractivity contribution in [1.82, 2.24) is 0 Å². The lowest BCUT2D eigenvalue weighted by Gasteiger charge is -2.56. The first-order valence-corrected chi connectivity index (χ1v) is 5.67. The number of nitrogens with two attached hydrogens (primary N) is 1. The summed E-state index contributed by atoms with van der Waals surface area (Å²) in [4.78, 5) is 0. The van der Waals surface area contributed by atoms with Crippen LogP contribution in [0.4, 0.5) is 0 Å². The number of piperidine rings is 1. The van der Waals surface area contributed by atoms with Crippen LogP contribution in [0.1, 0.15) is 40.0 Å². The second-order valence-electron chi connectivity index (χ2n) is 5.53. The Balaban J connectivity index is 2.49. The number of hydroxylamine groups is 3. The molecule has 0 aromatic carbocycles. The molecule has 0 unspecified atom stereocenters. The summed E-state index contributed by atoms with van der Waals surface area (Å²) < 4.78 is -0.0198. The van der Waals surface area contributed by atoms with Crippen molar-refractivity contribution in [2.24, 2.45) is 11.7 Å². The Morgan fingerprint density at radius 1 is 1.29 bits per heavy atom. The Kier molecular flexibility index (Phi) is 3.56. The highest BCUT2D eigenvalue weighted by atomic mass is 16.6. The van der Waals surface area contributed by atoms with E-state index >= 15 is 0 Å². The second kappa shape index (κ2) is 4.17. The van der Waals surface area contributed by atoms with Crippen LogP contribution in [0.5, 0.6) is 0 Å². The van der Waals surface area contributed by atoms with E-state index in [2.05, 4.69) is 0 Å². The van der Waals surface area contributed by atoms with E-state index in [-0.39, 0.29) is 10.2 Å². The number of likely N-dealkylation sites (tertiary alicyclic amines) is 1. The van der Waals surface area contributed by atoms with Crippen LogP contribution >= 0.6 is 0 Å². The molecule has 3 nitrogen and oxygen atoms in total. The molecule has 1 rings (SSSR count). The molecule has 0 saturated carbocycles. The van der Waals surface area contributed by atoms with E-state index in [1.807, 2.05) is 20.8 Å². The van der Waals surface area contributed by atoms with Crippen LogP contribution in [0.25, 0.3) is 0 Å². The Morgan fingerprint density at radius 3 is 2.14 bits per heavy atom. The molecule has 84 valence electrons. The fourth-order valence-corrected chi connectivity index (χ4v) is 2.23. The van der Waals surface area contributed by atoms with Crippen LogP contribution in [0, 0.1) is 11.1 Å². The minimum Gasteiger partial charge on any atom is -0.632 e. The van der Waals surface area contributed by atoms with Gasteiger partial charge in [0, 0.05) is 0 Å². The van der Waals surface area contributed by atoms with Crippen LogP contribution in [-0.4, -0.2) is 29.8 Å². The molecule has 0 spiro atoms. The van der Waals surface area contributed by atoms with Crippen LogP contribution in [-0.2, 0) is 0 Å². The van der Waals surface area contributed by atoms with Crippen molar-refractivity contribution >= 4 is 0 Å². The Bertz CT molecular complexity index is 178. The summed E-state index contributed by atoms with van der Waals surface area (Å²) in [6.45, 7) is 8.44. The Labute approximate surface area is 87.4 Å². The van der Waals surface area contributed by atoms with Crippen molar-refractivity contribution in [3.05, 3.63) is 5.21 Å². The molecule has 0 aromatic rings. The maximum absolute atomic E-state index is 12.4. The fourth-order valence-electron chi connectivity index (χ4n) is 2.23. The second-order valence-corrected chi connectivity index (χ2v) is 5.53. The number of nitrogens with zero attached hydrogens (tertiary/aromatic N) is 1. The van der Waals surface area contributed by atoms with Crippen LogP contribution < -0.4 is 5.73 Å². The first kappa shape index (κ1) is 12.0. The van der Waals surface area contributed by atoms with Crippen LogP contribution in [0.15, 0.2) is 0 Å². The molecule has 2 N–H and O–H groups in total. The molecule has 1 fully saturated rings. The molecule has 0 radical (unpaired) electrons. The van der Waals surface area contributed by atoms with Gasteiger partial charge < -0.3 is 15.6 Å². The third-order valence-electron chi connectivity index (χ3n) is 3.59. The van der Waals surface area contributed by atoms with Gasteiger partial charge in [-0.1, -0.05) is 0 Å². The molecule has 1 heterocycles. The van der Waals surface area contributed by atoms with Gasteiger partial charge in [-0.25, -0.2) is 0 Å². The highest BCUT2D eigenvalue weighted by Gasteiger charge is 2.36. The molecule has 0 amide bonds. The normalized spacial score (nSPS) is 34.5.